The summed E-state index contributed by atoms with van der Waals surface area (Å²) < 4.78 is 11.0. The molecule has 0 radical (unpaired) electrons. The van der Waals surface area contributed by atoms with Crippen LogP contribution in [0.4, 0.5) is 0 Å². The van der Waals surface area contributed by atoms with E-state index in [0.717, 1.165) is 39.0 Å². The van der Waals surface area contributed by atoms with E-state index in [1.807, 2.05) is 0 Å². The Morgan fingerprint density at radius 2 is 2.10 bits per heavy atom. The monoisotopic (exact) mass is 293 g/mol. The van der Waals surface area contributed by atoms with Crippen molar-refractivity contribution in [3.63, 3.8) is 0 Å². The summed E-state index contributed by atoms with van der Waals surface area (Å²) in [5.74, 6) is -0.511. The van der Waals surface area contributed by atoms with Gasteiger partial charge in [-0.1, -0.05) is 12.1 Å². The Kier molecular flexibility index (Phi) is 6.02. The molecule has 1 saturated heterocycles. The Bertz CT molecular complexity index is 457. The molecule has 1 aliphatic heterocycles. The fourth-order valence-electron chi connectivity index (χ4n) is 2.57. The molecule has 0 aromatic heterocycles. The highest BCUT2D eigenvalue weighted by Crippen LogP contribution is 2.18. The SMILES string of the molecule is CN(CCCOc1ccccc1C(=O)O)C1CCOCC1. The molecule has 1 fully saturated rings. The first-order chi connectivity index (χ1) is 10.2. The molecule has 1 aromatic carbocycles. The lowest BCUT2D eigenvalue weighted by atomic mass is 10.1. The summed E-state index contributed by atoms with van der Waals surface area (Å²) in [5.41, 5.74) is 0.218. The summed E-state index contributed by atoms with van der Waals surface area (Å²) in [7, 11) is 2.13. The third-order valence-electron chi connectivity index (χ3n) is 3.84. The molecule has 1 aliphatic rings. The molecule has 0 atom stereocenters. The Morgan fingerprint density at radius 1 is 1.38 bits per heavy atom. The van der Waals surface area contributed by atoms with Gasteiger partial charge >= 0.3 is 5.97 Å². The Morgan fingerprint density at radius 3 is 2.81 bits per heavy atom. The third kappa shape index (κ3) is 4.72. The second-order valence-electron chi connectivity index (χ2n) is 5.33. The van der Waals surface area contributed by atoms with Crippen LogP contribution in [0.5, 0.6) is 5.75 Å². The van der Waals surface area contributed by atoms with Gasteiger partial charge in [-0.25, -0.2) is 4.79 Å². The van der Waals surface area contributed by atoms with Crippen molar-refractivity contribution in [2.24, 2.45) is 0 Å². The van der Waals surface area contributed by atoms with Crippen LogP contribution in [-0.4, -0.2) is 55.4 Å². The second-order valence-corrected chi connectivity index (χ2v) is 5.33. The molecule has 0 spiro atoms. The number of hydrogen-bond acceptors (Lipinski definition) is 4. The van der Waals surface area contributed by atoms with Crippen LogP contribution in [0.3, 0.4) is 0 Å². The summed E-state index contributed by atoms with van der Waals surface area (Å²) in [4.78, 5) is 13.4. The maximum Gasteiger partial charge on any atom is 0.339 e. The van der Waals surface area contributed by atoms with Gasteiger partial charge in [0.25, 0.3) is 0 Å². The van der Waals surface area contributed by atoms with Gasteiger partial charge in [0.05, 0.1) is 6.61 Å². The van der Waals surface area contributed by atoms with E-state index in [4.69, 9.17) is 14.6 Å². The van der Waals surface area contributed by atoms with Crippen LogP contribution in [0.15, 0.2) is 24.3 Å². The van der Waals surface area contributed by atoms with Crippen molar-refractivity contribution in [2.75, 3.05) is 33.4 Å². The van der Waals surface area contributed by atoms with Crippen molar-refractivity contribution in [3.8, 4) is 5.75 Å². The van der Waals surface area contributed by atoms with E-state index in [-0.39, 0.29) is 5.56 Å². The highest BCUT2D eigenvalue weighted by Gasteiger charge is 2.17. The topological polar surface area (TPSA) is 59.0 Å². The van der Waals surface area contributed by atoms with Gasteiger partial charge in [-0.3, -0.25) is 0 Å². The zero-order chi connectivity index (χ0) is 15.1. The van der Waals surface area contributed by atoms with E-state index in [9.17, 15) is 4.79 Å². The van der Waals surface area contributed by atoms with Gasteiger partial charge < -0.3 is 19.5 Å². The highest BCUT2D eigenvalue weighted by molar-refractivity contribution is 5.90. The number of carboxylic acids is 1. The fourth-order valence-corrected chi connectivity index (χ4v) is 2.57. The molecule has 0 bridgehead atoms. The van der Waals surface area contributed by atoms with Gasteiger partial charge in [0.2, 0.25) is 0 Å². The lowest BCUT2D eigenvalue weighted by molar-refractivity contribution is 0.0417. The van der Waals surface area contributed by atoms with E-state index in [2.05, 4.69) is 11.9 Å². The predicted molar refractivity (Wildman–Crippen MR) is 80.0 cm³/mol. The molecule has 1 N–H and O–H groups in total. The first-order valence-corrected chi connectivity index (χ1v) is 7.41. The average molecular weight is 293 g/mol. The van der Waals surface area contributed by atoms with Gasteiger partial charge in [-0.2, -0.15) is 0 Å². The lowest BCUT2D eigenvalue weighted by Crippen LogP contribution is -2.37. The minimum atomic E-state index is -0.954. The van der Waals surface area contributed by atoms with Gasteiger partial charge in [-0.05, 0) is 38.4 Å². The van der Waals surface area contributed by atoms with Crippen LogP contribution in [-0.2, 0) is 4.74 Å². The van der Waals surface area contributed by atoms with Gasteiger partial charge in [0.15, 0.2) is 0 Å². The van der Waals surface area contributed by atoms with Gasteiger partial charge in [0, 0.05) is 25.8 Å². The summed E-state index contributed by atoms with van der Waals surface area (Å²) >= 11 is 0. The number of rotatable bonds is 7. The molecule has 0 aliphatic carbocycles. The first-order valence-electron chi connectivity index (χ1n) is 7.41. The molecule has 0 saturated carbocycles. The van der Waals surface area contributed by atoms with Crippen molar-refractivity contribution in [3.05, 3.63) is 29.8 Å². The number of ether oxygens (including phenoxy) is 2. The molecule has 1 aromatic rings. The van der Waals surface area contributed by atoms with E-state index < -0.39 is 5.97 Å². The Balaban J connectivity index is 1.73. The quantitative estimate of drug-likeness (QED) is 0.781. The molecule has 0 unspecified atom stereocenters. The summed E-state index contributed by atoms with van der Waals surface area (Å²) in [6, 6.07) is 7.34. The molecular weight excluding hydrogens is 270 g/mol. The molecule has 116 valence electrons. The molecule has 5 heteroatoms. The van der Waals surface area contributed by atoms with E-state index in [1.165, 1.54) is 0 Å². The maximum atomic E-state index is 11.1. The summed E-state index contributed by atoms with van der Waals surface area (Å²) in [6.45, 7) is 3.16. The number of hydrogen-bond donors (Lipinski definition) is 1. The fraction of sp³-hybridized carbons (Fsp3) is 0.562. The third-order valence-corrected chi connectivity index (χ3v) is 3.84. The minimum Gasteiger partial charge on any atom is -0.493 e. The highest BCUT2D eigenvalue weighted by atomic mass is 16.5. The second kappa shape index (κ2) is 8.00. The number of carbonyl (C=O) groups is 1. The first kappa shape index (κ1) is 15.8. The predicted octanol–water partition coefficient (Wildman–Crippen LogP) is 2.26. The van der Waals surface area contributed by atoms with E-state index in [1.54, 1.807) is 24.3 Å². The average Bonchev–Trinajstić information content (AvgIpc) is 2.52. The number of aromatic carboxylic acids is 1. The standard InChI is InChI=1S/C16H23NO4/c1-17(13-7-11-20-12-8-13)9-4-10-21-15-6-3-2-5-14(15)16(18)19/h2-3,5-6,13H,4,7-12H2,1H3,(H,18,19). The zero-order valence-electron chi connectivity index (χ0n) is 12.5. The van der Waals surface area contributed by atoms with Crippen LogP contribution >= 0.6 is 0 Å². The number of para-hydroxylation sites is 1. The van der Waals surface area contributed by atoms with Crippen molar-refractivity contribution >= 4 is 5.97 Å². The normalized spacial score (nSPS) is 16.1. The van der Waals surface area contributed by atoms with Crippen LogP contribution < -0.4 is 4.74 Å². The molecule has 1 heterocycles. The van der Waals surface area contributed by atoms with E-state index in [0.29, 0.717) is 18.4 Å². The molecule has 21 heavy (non-hydrogen) atoms. The van der Waals surface area contributed by atoms with Crippen molar-refractivity contribution in [1.29, 1.82) is 0 Å². The lowest BCUT2D eigenvalue weighted by Gasteiger charge is -2.31. The van der Waals surface area contributed by atoms with Crippen molar-refractivity contribution < 1.29 is 19.4 Å². The van der Waals surface area contributed by atoms with Crippen LogP contribution in [0.25, 0.3) is 0 Å². The van der Waals surface area contributed by atoms with E-state index >= 15 is 0 Å². The zero-order valence-corrected chi connectivity index (χ0v) is 12.5. The molecule has 5 nitrogen and oxygen atoms in total. The Hall–Kier alpha value is -1.59. The molecular formula is C16H23NO4. The number of nitrogens with zero attached hydrogens (tertiary/aromatic N) is 1. The summed E-state index contributed by atoms with van der Waals surface area (Å²) in [6.07, 6.45) is 3.04. The molecule has 0 amide bonds. The van der Waals surface area contributed by atoms with Crippen LogP contribution in [0.2, 0.25) is 0 Å². The maximum absolute atomic E-state index is 11.1. The van der Waals surface area contributed by atoms with Crippen LogP contribution in [0.1, 0.15) is 29.6 Å². The van der Waals surface area contributed by atoms with Gasteiger partial charge in [0.1, 0.15) is 11.3 Å². The van der Waals surface area contributed by atoms with Crippen molar-refractivity contribution in [2.45, 2.75) is 25.3 Å². The molecule has 2 rings (SSSR count). The number of carboxylic acid groups (broad SMARTS) is 1. The minimum absolute atomic E-state index is 0.218. The smallest absolute Gasteiger partial charge is 0.339 e. The van der Waals surface area contributed by atoms with Gasteiger partial charge in [-0.15, -0.1) is 0 Å². The van der Waals surface area contributed by atoms with Crippen molar-refractivity contribution in [1.82, 2.24) is 4.90 Å². The number of benzene rings is 1. The summed E-state index contributed by atoms with van der Waals surface area (Å²) in [5, 5.41) is 9.08. The van der Waals surface area contributed by atoms with Crippen LogP contribution in [0, 0.1) is 0 Å². The largest absolute Gasteiger partial charge is 0.493 e. The Labute approximate surface area is 125 Å².